The third-order valence-corrected chi connectivity index (χ3v) is 2.82. The zero-order valence-corrected chi connectivity index (χ0v) is 10.1. The molecule has 2 aromatic rings. The van der Waals surface area contributed by atoms with Crippen molar-refractivity contribution in [3.63, 3.8) is 0 Å². The van der Waals surface area contributed by atoms with Crippen molar-refractivity contribution >= 4 is 5.78 Å². The van der Waals surface area contributed by atoms with Crippen molar-refractivity contribution in [1.29, 1.82) is 0 Å². The second-order valence-corrected chi connectivity index (χ2v) is 4.19. The van der Waals surface area contributed by atoms with E-state index in [9.17, 15) is 4.79 Å². The van der Waals surface area contributed by atoms with Crippen molar-refractivity contribution in [2.24, 2.45) is 0 Å². The molecule has 0 aliphatic heterocycles. The fourth-order valence-corrected chi connectivity index (χ4v) is 1.81. The first kappa shape index (κ1) is 11.6. The van der Waals surface area contributed by atoms with Crippen LogP contribution >= 0.6 is 0 Å². The molecule has 0 spiro atoms. The lowest BCUT2D eigenvalue weighted by Crippen LogP contribution is -2.00. The van der Waals surface area contributed by atoms with Gasteiger partial charge in [0.2, 0.25) is 0 Å². The summed E-state index contributed by atoms with van der Waals surface area (Å²) in [6.07, 6.45) is 6.23. The highest BCUT2D eigenvalue weighted by Crippen LogP contribution is 2.10. The van der Waals surface area contributed by atoms with Gasteiger partial charge in [0.05, 0.1) is 0 Å². The van der Waals surface area contributed by atoms with Crippen LogP contribution in [0.25, 0.3) is 0 Å². The molecule has 0 bridgehead atoms. The summed E-state index contributed by atoms with van der Waals surface area (Å²) in [7, 11) is 0. The number of carbonyl (C=O) groups excluding carboxylic acids is 1. The molecule has 0 N–H and O–H groups in total. The summed E-state index contributed by atoms with van der Waals surface area (Å²) >= 11 is 0. The van der Waals surface area contributed by atoms with Crippen molar-refractivity contribution in [1.82, 2.24) is 4.57 Å². The van der Waals surface area contributed by atoms with Crippen LogP contribution < -0.4 is 0 Å². The molecule has 0 saturated carbocycles. The average molecular weight is 227 g/mol. The van der Waals surface area contributed by atoms with E-state index in [2.05, 4.69) is 11.5 Å². The van der Waals surface area contributed by atoms with Gasteiger partial charge in [0.25, 0.3) is 0 Å². The summed E-state index contributed by atoms with van der Waals surface area (Å²) in [5.74, 6) is 0.0980. The van der Waals surface area contributed by atoms with E-state index in [0.29, 0.717) is 0 Å². The van der Waals surface area contributed by atoms with Crippen molar-refractivity contribution in [2.45, 2.75) is 26.3 Å². The zero-order valence-electron chi connectivity index (χ0n) is 10.1. The van der Waals surface area contributed by atoms with Crippen molar-refractivity contribution < 1.29 is 4.79 Å². The van der Waals surface area contributed by atoms with Crippen LogP contribution in [0.15, 0.2) is 48.8 Å². The van der Waals surface area contributed by atoms with Crippen molar-refractivity contribution in [2.75, 3.05) is 0 Å². The number of rotatable bonds is 5. The molecular weight excluding hydrogens is 210 g/mol. The summed E-state index contributed by atoms with van der Waals surface area (Å²) in [4.78, 5) is 12.1. The number of hydrogen-bond acceptors (Lipinski definition) is 1. The lowest BCUT2D eigenvalue weighted by Gasteiger charge is -2.00. The Kier molecular flexibility index (Phi) is 3.76. The van der Waals surface area contributed by atoms with E-state index in [1.54, 1.807) is 0 Å². The predicted molar refractivity (Wildman–Crippen MR) is 69.2 cm³/mol. The average Bonchev–Trinajstić information content (AvgIpc) is 2.85. The molecule has 1 aromatic carbocycles. The lowest BCUT2D eigenvalue weighted by atomic mass is 10.1. The predicted octanol–water partition coefficient (Wildman–Crippen LogP) is 3.52. The summed E-state index contributed by atoms with van der Waals surface area (Å²) in [5, 5.41) is 0. The molecule has 17 heavy (non-hydrogen) atoms. The van der Waals surface area contributed by atoms with Gasteiger partial charge in [-0.25, -0.2) is 0 Å². The Labute approximate surface area is 102 Å². The quantitative estimate of drug-likeness (QED) is 0.716. The van der Waals surface area contributed by atoms with Gasteiger partial charge in [-0.3, -0.25) is 4.79 Å². The van der Waals surface area contributed by atoms with Gasteiger partial charge in [0, 0.05) is 30.1 Å². The summed E-state index contributed by atoms with van der Waals surface area (Å²) in [6, 6.07) is 11.3. The summed E-state index contributed by atoms with van der Waals surface area (Å²) < 4.78 is 2.08. The van der Waals surface area contributed by atoms with Gasteiger partial charge < -0.3 is 4.57 Å². The molecule has 1 heterocycles. The summed E-state index contributed by atoms with van der Waals surface area (Å²) in [5.41, 5.74) is 1.52. The number of aryl methyl sites for hydroxylation is 1. The van der Waals surface area contributed by atoms with E-state index in [1.165, 1.54) is 6.42 Å². The molecule has 1 aromatic heterocycles. The third-order valence-electron chi connectivity index (χ3n) is 2.82. The molecular formula is C15H17NO. The number of ketones is 1. The van der Waals surface area contributed by atoms with Crippen LogP contribution in [0.4, 0.5) is 0 Å². The first-order valence-corrected chi connectivity index (χ1v) is 6.07. The smallest absolute Gasteiger partial charge is 0.194 e. The van der Waals surface area contributed by atoms with E-state index >= 15 is 0 Å². The molecule has 0 atom stereocenters. The number of hydrogen-bond donors (Lipinski definition) is 0. The minimum Gasteiger partial charge on any atom is -0.353 e. The van der Waals surface area contributed by atoms with Gasteiger partial charge in [-0.15, -0.1) is 0 Å². The van der Waals surface area contributed by atoms with Gasteiger partial charge >= 0.3 is 0 Å². The fraction of sp³-hybridized carbons (Fsp3) is 0.267. The topological polar surface area (TPSA) is 22.0 Å². The first-order valence-electron chi connectivity index (χ1n) is 6.07. The Balaban J connectivity index is 2.12. The molecule has 88 valence electrons. The SMILES string of the molecule is CCCCn1ccc(C(=O)c2ccccc2)c1. The van der Waals surface area contributed by atoms with Gasteiger partial charge in [0.15, 0.2) is 5.78 Å². The van der Waals surface area contributed by atoms with Gasteiger partial charge in [-0.1, -0.05) is 43.7 Å². The Bertz CT molecular complexity index is 485. The van der Waals surface area contributed by atoms with Crippen LogP contribution in [0.2, 0.25) is 0 Å². The highest BCUT2D eigenvalue weighted by molar-refractivity contribution is 6.08. The maximum Gasteiger partial charge on any atom is 0.194 e. The Morgan fingerprint density at radius 3 is 2.59 bits per heavy atom. The largest absolute Gasteiger partial charge is 0.353 e. The molecule has 0 unspecified atom stereocenters. The second-order valence-electron chi connectivity index (χ2n) is 4.19. The molecule has 2 rings (SSSR count). The van der Waals surface area contributed by atoms with Crippen LogP contribution in [0, 0.1) is 0 Å². The molecule has 0 aliphatic rings. The molecule has 0 fully saturated rings. The number of aromatic nitrogens is 1. The van der Waals surface area contributed by atoms with E-state index in [-0.39, 0.29) is 5.78 Å². The third kappa shape index (κ3) is 2.84. The number of carbonyl (C=O) groups is 1. The van der Waals surface area contributed by atoms with Crippen LogP contribution in [-0.4, -0.2) is 10.4 Å². The first-order chi connectivity index (χ1) is 8.31. The maximum absolute atomic E-state index is 12.1. The van der Waals surface area contributed by atoms with Crippen LogP contribution in [0.1, 0.15) is 35.7 Å². The molecule has 0 amide bonds. The van der Waals surface area contributed by atoms with Crippen LogP contribution in [0.3, 0.4) is 0 Å². The highest BCUT2D eigenvalue weighted by atomic mass is 16.1. The normalized spacial score (nSPS) is 10.4. The number of unbranched alkanes of at least 4 members (excludes halogenated alkanes) is 1. The van der Waals surface area contributed by atoms with E-state index in [1.807, 2.05) is 48.8 Å². The van der Waals surface area contributed by atoms with Crippen LogP contribution in [0.5, 0.6) is 0 Å². The molecule has 2 heteroatoms. The molecule has 0 saturated heterocycles. The summed E-state index contributed by atoms with van der Waals surface area (Å²) in [6.45, 7) is 3.15. The van der Waals surface area contributed by atoms with E-state index < -0.39 is 0 Å². The minimum atomic E-state index is 0.0980. The highest BCUT2D eigenvalue weighted by Gasteiger charge is 2.09. The Hall–Kier alpha value is -1.83. The van der Waals surface area contributed by atoms with Crippen molar-refractivity contribution in [3.8, 4) is 0 Å². The zero-order chi connectivity index (χ0) is 12.1. The molecule has 2 nitrogen and oxygen atoms in total. The van der Waals surface area contributed by atoms with E-state index in [0.717, 1.165) is 24.1 Å². The Morgan fingerprint density at radius 2 is 1.88 bits per heavy atom. The second kappa shape index (κ2) is 5.48. The number of benzene rings is 1. The van der Waals surface area contributed by atoms with E-state index in [4.69, 9.17) is 0 Å². The van der Waals surface area contributed by atoms with Gasteiger partial charge in [-0.05, 0) is 12.5 Å². The van der Waals surface area contributed by atoms with Gasteiger partial charge in [-0.2, -0.15) is 0 Å². The van der Waals surface area contributed by atoms with Crippen molar-refractivity contribution in [3.05, 3.63) is 59.9 Å². The lowest BCUT2D eigenvalue weighted by molar-refractivity contribution is 0.103. The van der Waals surface area contributed by atoms with Gasteiger partial charge in [0.1, 0.15) is 0 Å². The minimum absolute atomic E-state index is 0.0980. The molecule has 0 aliphatic carbocycles. The molecule has 0 radical (unpaired) electrons. The Morgan fingerprint density at radius 1 is 1.12 bits per heavy atom. The number of nitrogens with zero attached hydrogens (tertiary/aromatic N) is 1. The standard InChI is InChI=1S/C15H17NO/c1-2-3-10-16-11-9-14(12-16)15(17)13-7-5-4-6-8-13/h4-9,11-12H,2-3,10H2,1H3. The fourth-order valence-electron chi connectivity index (χ4n) is 1.81. The monoisotopic (exact) mass is 227 g/mol. The maximum atomic E-state index is 12.1. The van der Waals surface area contributed by atoms with Crippen LogP contribution in [-0.2, 0) is 6.54 Å².